The number of esters is 1. The van der Waals surface area contributed by atoms with Crippen LogP contribution in [0, 0.1) is 6.92 Å². The van der Waals surface area contributed by atoms with Crippen molar-refractivity contribution in [1.82, 2.24) is 10.3 Å². The fraction of sp³-hybridized carbons (Fsp3) is 0.188. The van der Waals surface area contributed by atoms with Crippen LogP contribution in [0.1, 0.15) is 22.3 Å². The van der Waals surface area contributed by atoms with Gasteiger partial charge >= 0.3 is 5.97 Å². The third kappa shape index (κ3) is 4.26. The van der Waals surface area contributed by atoms with Crippen molar-refractivity contribution in [2.45, 2.75) is 13.0 Å². The van der Waals surface area contributed by atoms with E-state index in [1.165, 1.54) is 24.5 Å². The van der Waals surface area contributed by atoms with E-state index in [1.807, 2.05) is 18.4 Å². The SMILES string of the molecule is COC(=O)[C@H](NC(=O)/C=C\c1csc(C)n1)c1ccccc1. The Balaban J connectivity index is 2.08. The van der Waals surface area contributed by atoms with Gasteiger partial charge in [0.05, 0.1) is 17.8 Å². The van der Waals surface area contributed by atoms with E-state index in [-0.39, 0.29) is 5.91 Å². The summed E-state index contributed by atoms with van der Waals surface area (Å²) in [6.07, 6.45) is 2.96. The summed E-state index contributed by atoms with van der Waals surface area (Å²) in [4.78, 5) is 28.1. The summed E-state index contributed by atoms with van der Waals surface area (Å²) in [6, 6.07) is 8.12. The van der Waals surface area contributed by atoms with Crippen LogP contribution in [0.2, 0.25) is 0 Å². The van der Waals surface area contributed by atoms with Gasteiger partial charge in [0.1, 0.15) is 0 Å². The molecular formula is C16H16N2O3S. The summed E-state index contributed by atoms with van der Waals surface area (Å²) >= 11 is 1.51. The second kappa shape index (κ2) is 7.51. The van der Waals surface area contributed by atoms with Gasteiger partial charge in [-0.05, 0) is 18.6 Å². The number of benzene rings is 1. The normalized spacial score (nSPS) is 12.1. The van der Waals surface area contributed by atoms with Crippen molar-refractivity contribution in [2.75, 3.05) is 7.11 Å². The van der Waals surface area contributed by atoms with Crippen molar-refractivity contribution in [1.29, 1.82) is 0 Å². The van der Waals surface area contributed by atoms with Gasteiger partial charge in [0.2, 0.25) is 5.91 Å². The molecule has 1 aromatic heterocycles. The maximum Gasteiger partial charge on any atom is 0.333 e. The highest BCUT2D eigenvalue weighted by Crippen LogP contribution is 2.14. The quantitative estimate of drug-likeness (QED) is 0.680. The molecule has 1 N–H and O–H groups in total. The number of aryl methyl sites for hydroxylation is 1. The van der Waals surface area contributed by atoms with Gasteiger partial charge in [0.25, 0.3) is 0 Å². The summed E-state index contributed by atoms with van der Waals surface area (Å²) in [5, 5.41) is 5.42. The molecule has 1 aromatic carbocycles. The number of ether oxygens (including phenoxy) is 1. The molecule has 1 heterocycles. The Bertz CT molecular complexity index is 680. The Morgan fingerprint density at radius 3 is 2.64 bits per heavy atom. The smallest absolute Gasteiger partial charge is 0.333 e. The number of rotatable bonds is 5. The second-order valence-electron chi connectivity index (χ2n) is 4.50. The van der Waals surface area contributed by atoms with E-state index < -0.39 is 12.0 Å². The largest absolute Gasteiger partial charge is 0.467 e. The molecule has 0 saturated heterocycles. The number of carbonyl (C=O) groups excluding carboxylic acids is 2. The van der Waals surface area contributed by atoms with Crippen LogP contribution in [0.5, 0.6) is 0 Å². The highest BCUT2D eigenvalue weighted by atomic mass is 32.1. The zero-order chi connectivity index (χ0) is 15.9. The molecule has 0 unspecified atom stereocenters. The summed E-state index contributed by atoms with van der Waals surface area (Å²) in [7, 11) is 1.29. The molecule has 0 radical (unpaired) electrons. The number of nitrogens with zero attached hydrogens (tertiary/aromatic N) is 1. The second-order valence-corrected chi connectivity index (χ2v) is 5.56. The zero-order valence-corrected chi connectivity index (χ0v) is 13.1. The summed E-state index contributed by atoms with van der Waals surface area (Å²) < 4.78 is 4.75. The van der Waals surface area contributed by atoms with Crippen molar-refractivity contribution >= 4 is 29.3 Å². The third-order valence-electron chi connectivity index (χ3n) is 2.90. The molecule has 1 amide bonds. The average molecular weight is 316 g/mol. The monoisotopic (exact) mass is 316 g/mol. The number of hydrogen-bond acceptors (Lipinski definition) is 5. The van der Waals surface area contributed by atoms with Gasteiger partial charge in [0.15, 0.2) is 6.04 Å². The summed E-state index contributed by atoms with van der Waals surface area (Å²) in [5.41, 5.74) is 1.38. The summed E-state index contributed by atoms with van der Waals surface area (Å²) in [5.74, 6) is -0.901. The molecule has 0 bridgehead atoms. The van der Waals surface area contributed by atoms with Gasteiger partial charge < -0.3 is 10.1 Å². The molecule has 0 spiro atoms. The van der Waals surface area contributed by atoms with Gasteiger partial charge in [-0.15, -0.1) is 11.3 Å². The van der Waals surface area contributed by atoms with Gasteiger partial charge in [-0.1, -0.05) is 30.3 Å². The first-order valence-corrected chi connectivity index (χ1v) is 7.51. The number of aromatic nitrogens is 1. The van der Waals surface area contributed by atoms with Gasteiger partial charge in [-0.25, -0.2) is 9.78 Å². The number of amides is 1. The Labute approximate surface area is 132 Å². The molecule has 22 heavy (non-hydrogen) atoms. The fourth-order valence-electron chi connectivity index (χ4n) is 1.85. The van der Waals surface area contributed by atoms with E-state index in [1.54, 1.807) is 30.3 Å². The molecule has 0 aliphatic rings. The predicted molar refractivity (Wildman–Crippen MR) is 85.2 cm³/mol. The first-order chi connectivity index (χ1) is 10.6. The molecule has 6 heteroatoms. The lowest BCUT2D eigenvalue weighted by Crippen LogP contribution is -2.33. The van der Waals surface area contributed by atoms with Crippen LogP contribution < -0.4 is 5.32 Å². The lowest BCUT2D eigenvalue weighted by molar-refractivity contribution is -0.144. The van der Waals surface area contributed by atoms with Crippen LogP contribution in [-0.4, -0.2) is 24.0 Å². The molecule has 1 atom stereocenters. The third-order valence-corrected chi connectivity index (χ3v) is 3.69. The van der Waals surface area contributed by atoms with E-state index in [0.29, 0.717) is 11.3 Å². The van der Waals surface area contributed by atoms with E-state index in [9.17, 15) is 9.59 Å². The number of thiazole rings is 1. The van der Waals surface area contributed by atoms with Crippen LogP contribution in [0.15, 0.2) is 41.8 Å². The van der Waals surface area contributed by atoms with Gasteiger partial charge in [-0.3, -0.25) is 4.79 Å². The first-order valence-electron chi connectivity index (χ1n) is 6.63. The van der Waals surface area contributed by atoms with Crippen LogP contribution in [-0.2, 0) is 14.3 Å². The van der Waals surface area contributed by atoms with E-state index in [0.717, 1.165) is 5.01 Å². The van der Waals surface area contributed by atoms with Crippen molar-refractivity contribution in [3.63, 3.8) is 0 Å². The van der Waals surface area contributed by atoms with Crippen LogP contribution in [0.4, 0.5) is 0 Å². The van der Waals surface area contributed by atoms with E-state index in [4.69, 9.17) is 4.74 Å². The topological polar surface area (TPSA) is 68.3 Å². The fourth-order valence-corrected chi connectivity index (χ4v) is 2.43. The Kier molecular flexibility index (Phi) is 5.43. The minimum atomic E-state index is -0.833. The highest BCUT2D eigenvalue weighted by molar-refractivity contribution is 7.09. The first kappa shape index (κ1) is 15.9. The minimum Gasteiger partial charge on any atom is -0.467 e. The zero-order valence-electron chi connectivity index (χ0n) is 12.3. The lowest BCUT2D eigenvalue weighted by atomic mass is 10.1. The van der Waals surface area contributed by atoms with Crippen molar-refractivity contribution in [3.05, 3.63) is 58.1 Å². The standard InChI is InChI=1S/C16H16N2O3S/c1-11-17-13(10-22-11)8-9-14(19)18-15(16(20)21-2)12-6-4-3-5-7-12/h3-10,15H,1-2H3,(H,18,19)/b9-8-/t15-/m1/s1. The van der Waals surface area contributed by atoms with Gasteiger partial charge in [-0.2, -0.15) is 0 Å². The maximum atomic E-state index is 12.0. The number of nitrogens with one attached hydrogen (secondary N) is 1. The Morgan fingerprint density at radius 2 is 2.05 bits per heavy atom. The number of methoxy groups -OCH3 is 1. The molecule has 114 valence electrons. The Hall–Kier alpha value is -2.47. The molecule has 2 rings (SSSR count). The van der Waals surface area contributed by atoms with E-state index >= 15 is 0 Å². The maximum absolute atomic E-state index is 12.0. The molecule has 0 fully saturated rings. The van der Waals surface area contributed by atoms with Crippen LogP contribution in [0.3, 0.4) is 0 Å². The summed E-state index contributed by atoms with van der Waals surface area (Å²) in [6.45, 7) is 1.89. The Morgan fingerprint density at radius 1 is 1.32 bits per heavy atom. The molecule has 0 aliphatic heterocycles. The van der Waals surface area contributed by atoms with E-state index in [2.05, 4.69) is 10.3 Å². The molecule has 0 aliphatic carbocycles. The molecule has 0 saturated carbocycles. The van der Waals surface area contributed by atoms with Crippen LogP contribution in [0.25, 0.3) is 6.08 Å². The predicted octanol–water partition coefficient (Wildman–Crippen LogP) is 2.50. The highest BCUT2D eigenvalue weighted by Gasteiger charge is 2.22. The van der Waals surface area contributed by atoms with Crippen molar-refractivity contribution in [3.8, 4) is 0 Å². The molecular weight excluding hydrogens is 300 g/mol. The minimum absolute atomic E-state index is 0.384. The number of carbonyl (C=O) groups is 2. The average Bonchev–Trinajstić information content (AvgIpc) is 2.96. The van der Waals surface area contributed by atoms with Crippen molar-refractivity contribution < 1.29 is 14.3 Å². The molecule has 5 nitrogen and oxygen atoms in total. The van der Waals surface area contributed by atoms with Gasteiger partial charge in [0, 0.05) is 11.5 Å². The molecule has 2 aromatic rings. The van der Waals surface area contributed by atoms with Crippen molar-refractivity contribution in [2.24, 2.45) is 0 Å². The number of hydrogen-bond donors (Lipinski definition) is 1. The van der Waals surface area contributed by atoms with Crippen LogP contribution >= 0.6 is 11.3 Å². The lowest BCUT2D eigenvalue weighted by Gasteiger charge is -2.15.